The molecule has 1 aromatic heterocycles. The minimum atomic E-state index is -4.44. The largest absolute Gasteiger partial charge is 0.490 e. The first-order chi connectivity index (χ1) is 10.8. The molecule has 0 N–H and O–H groups in total. The third kappa shape index (κ3) is 2.87. The van der Waals surface area contributed by atoms with Gasteiger partial charge in [-0.2, -0.15) is 18.3 Å². The summed E-state index contributed by atoms with van der Waals surface area (Å²) >= 11 is 0. The molecule has 0 bridgehead atoms. The Kier molecular flexibility index (Phi) is 3.74. The normalized spacial score (nSPS) is 14.8. The summed E-state index contributed by atoms with van der Waals surface area (Å²) < 4.78 is 47.7. The second-order valence-corrected chi connectivity index (χ2v) is 5.90. The number of nitrogens with zero attached hydrogens (tertiary/aromatic N) is 3. The van der Waals surface area contributed by atoms with Crippen LogP contribution in [0, 0.1) is 0 Å². The lowest BCUT2D eigenvalue weighted by Gasteiger charge is -2.35. The van der Waals surface area contributed by atoms with Gasteiger partial charge in [-0.1, -0.05) is 0 Å². The van der Waals surface area contributed by atoms with E-state index in [2.05, 4.69) is 5.10 Å². The van der Waals surface area contributed by atoms with Gasteiger partial charge in [0.2, 0.25) is 0 Å². The van der Waals surface area contributed by atoms with Crippen molar-refractivity contribution >= 4 is 5.69 Å². The number of ether oxygens (including phenoxy) is 1. The molecule has 0 saturated carbocycles. The quantitative estimate of drug-likeness (QED) is 0.843. The van der Waals surface area contributed by atoms with Crippen molar-refractivity contribution in [2.24, 2.45) is 7.05 Å². The Bertz CT molecular complexity index is 722. The minimum absolute atomic E-state index is 0.0926. The van der Waals surface area contributed by atoms with Crippen LogP contribution in [0.15, 0.2) is 24.5 Å². The van der Waals surface area contributed by atoms with Crippen LogP contribution in [-0.2, 0) is 13.2 Å². The molecular weight excluding hydrogens is 307 g/mol. The van der Waals surface area contributed by atoms with Gasteiger partial charge in [0.1, 0.15) is 12.4 Å². The molecule has 1 aliphatic heterocycles. The molecule has 0 unspecified atom stereocenters. The molecule has 0 radical (unpaired) electrons. The van der Waals surface area contributed by atoms with Crippen molar-refractivity contribution in [3.05, 3.63) is 30.1 Å². The van der Waals surface area contributed by atoms with Gasteiger partial charge in [-0.3, -0.25) is 4.68 Å². The molecule has 2 aromatic rings. The Balaban J connectivity index is 2.21. The van der Waals surface area contributed by atoms with Gasteiger partial charge in [0.15, 0.2) is 0 Å². The van der Waals surface area contributed by atoms with Crippen LogP contribution in [0.3, 0.4) is 0 Å². The smallest absolute Gasteiger partial charge is 0.417 e. The zero-order chi connectivity index (χ0) is 16.8. The van der Waals surface area contributed by atoms with Crippen LogP contribution >= 0.6 is 0 Å². The van der Waals surface area contributed by atoms with Crippen LogP contribution in [0.25, 0.3) is 11.1 Å². The van der Waals surface area contributed by atoms with Gasteiger partial charge in [-0.15, -0.1) is 0 Å². The van der Waals surface area contributed by atoms with Gasteiger partial charge in [0.25, 0.3) is 0 Å². The second kappa shape index (κ2) is 5.47. The number of benzene rings is 1. The lowest BCUT2D eigenvalue weighted by atomic mass is 9.99. The first kappa shape index (κ1) is 15.7. The molecule has 0 fully saturated rings. The number of halogens is 3. The fourth-order valence-corrected chi connectivity index (χ4v) is 2.85. The Morgan fingerprint density at radius 3 is 2.57 bits per heavy atom. The van der Waals surface area contributed by atoms with E-state index in [-0.39, 0.29) is 11.6 Å². The van der Waals surface area contributed by atoms with E-state index in [4.69, 9.17) is 4.74 Å². The van der Waals surface area contributed by atoms with E-state index in [1.54, 1.807) is 13.2 Å². The summed E-state index contributed by atoms with van der Waals surface area (Å²) in [7, 11) is 1.67. The molecule has 1 aromatic carbocycles. The molecular formula is C16H18F3N3O. The van der Waals surface area contributed by atoms with Crippen LogP contribution in [0.5, 0.6) is 5.75 Å². The van der Waals surface area contributed by atoms with Gasteiger partial charge < -0.3 is 9.64 Å². The van der Waals surface area contributed by atoms with Crippen LogP contribution in [0.2, 0.25) is 0 Å². The highest BCUT2D eigenvalue weighted by molar-refractivity contribution is 5.76. The molecule has 124 valence electrons. The van der Waals surface area contributed by atoms with E-state index in [0.717, 1.165) is 0 Å². The number of hydrogen-bond donors (Lipinski definition) is 0. The van der Waals surface area contributed by atoms with Gasteiger partial charge in [0, 0.05) is 30.4 Å². The molecule has 23 heavy (non-hydrogen) atoms. The molecule has 0 amide bonds. The van der Waals surface area contributed by atoms with E-state index in [1.165, 1.54) is 23.0 Å². The van der Waals surface area contributed by atoms with Crippen LogP contribution < -0.4 is 9.64 Å². The van der Waals surface area contributed by atoms with Crippen LogP contribution in [-0.4, -0.2) is 29.0 Å². The van der Waals surface area contributed by atoms with Gasteiger partial charge in [-0.05, 0) is 26.0 Å². The number of fused-ring (bicyclic) bond motifs is 1. The molecule has 0 saturated heterocycles. The lowest BCUT2D eigenvalue weighted by Crippen LogP contribution is -2.38. The summed E-state index contributed by atoms with van der Waals surface area (Å²) in [6.07, 6.45) is -1.44. The van der Waals surface area contributed by atoms with Crippen molar-refractivity contribution in [2.45, 2.75) is 26.1 Å². The Hall–Kier alpha value is -2.18. The number of rotatable bonds is 2. The van der Waals surface area contributed by atoms with E-state index < -0.39 is 11.7 Å². The molecule has 1 aliphatic rings. The fourth-order valence-electron chi connectivity index (χ4n) is 2.85. The van der Waals surface area contributed by atoms with Crippen LogP contribution in [0.1, 0.15) is 19.4 Å². The lowest BCUT2D eigenvalue weighted by molar-refractivity contribution is -0.137. The molecule has 4 nitrogen and oxygen atoms in total. The summed E-state index contributed by atoms with van der Waals surface area (Å²) in [6, 6.07) is 2.77. The predicted octanol–water partition coefficient (Wildman–Crippen LogP) is 3.71. The first-order valence-corrected chi connectivity index (χ1v) is 7.41. The zero-order valence-corrected chi connectivity index (χ0v) is 13.2. The zero-order valence-electron chi connectivity index (χ0n) is 13.2. The molecule has 3 rings (SSSR count). The van der Waals surface area contributed by atoms with Crippen molar-refractivity contribution in [3.8, 4) is 16.9 Å². The maximum absolute atomic E-state index is 13.6. The SMILES string of the molecule is CC(C)N1CCOc2cc(-c3cnn(C)c3)c(C(F)(F)F)cc21. The minimum Gasteiger partial charge on any atom is -0.490 e. The number of aromatic nitrogens is 2. The second-order valence-electron chi connectivity index (χ2n) is 5.90. The highest BCUT2D eigenvalue weighted by Gasteiger charge is 2.36. The van der Waals surface area contributed by atoms with E-state index >= 15 is 0 Å². The van der Waals surface area contributed by atoms with Crippen molar-refractivity contribution in [2.75, 3.05) is 18.1 Å². The van der Waals surface area contributed by atoms with E-state index in [0.29, 0.717) is 30.2 Å². The monoisotopic (exact) mass is 325 g/mol. The van der Waals surface area contributed by atoms with Crippen molar-refractivity contribution in [3.63, 3.8) is 0 Å². The Morgan fingerprint density at radius 2 is 2.00 bits per heavy atom. The Labute approximate surface area is 132 Å². The molecule has 7 heteroatoms. The first-order valence-electron chi connectivity index (χ1n) is 7.41. The number of hydrogen-bond acceptors (Lipinski definition) is 3. The van der Waals surface area contributed by atoms with Gasteiger partial charge in [0.05, 0.1) is 24.0 Å². The summed E-state index contributed by atoms with van der Waals surface area (Å²) in [6.45, 7) is 4.95. The van der Waals surface area contributed by atoms with E-state index in [1.807, 2.05) is 18.7 Å². The number of alkyl halides is 3. The molecule has 2 heterocycles. The standard InChI is InChI=1S/C16H18F3N3O/c1-10(2)22-4-5-23-15-6-12(11-8-20-21(3)9-11)13(7-14(15)22)16(17,18)19/h6-10H,4-5H2,1-3H3. The van der Waals surface area contributed by atoms with Crippen molar-refractivity contribution < 1.29 is 17.9 Å². The molecule has 0 atom stereocenters. The van der Waals surface area contributed by atoms with Crippen molar-refractivity contribution in [1.82, 2.24) is 9.78 Å². The molecule has 0 aliphatic carbocycles. The topological polar surface area (TPSA) is 30.3 Å². The van der Waals surface area contributed by atoms with Crippen molar-refractivity contribution in [1.29, 1.82) is 0 Å². The number of anilines is 1. The average Bonchev–Trinajstić information content (AvgIpc) is 2.90. The maximum Gasteiger partial charge on any atom is 0.417 e. The maximum atomic E-state index is 13.6. The fraction of sp³-hybridized carbons (Fsp3) is 0.438. The van der Waals surface area contributed by atoms with Gasteiger partial charge >= 0.3 is 6.18 Å². The third-order valence-electron chi connectivity index (χ3n) is 3.94. The highest BCUT2D eigenvalue weighted by Crippen LogP contribution is 2.44. The third-order valence-corrected chi connectivity index (χ3v) is 3.94. The number of aryl methyl sites for hydroxylation is 1. The predicted molar refractivity (Wildman–Crippen MR) is 81.6 cm³/mol. The summed E-state index contributed by atoms with van der Waals surface area (Å²) in [4.78, 5) is 1.93. The van der Waals surface area contributed by atoms with Gasteiger partial charge in [-0.25, -0.2) is 0 Å². The highest BCUT2D eigenvalue weighted by atomic mass is 19.4. The summed E-state index contributed by atoms with van der Waals surface area (Å²) in [5, 5.41) is 3.97. The summed E-state index contributed by atoms with van der Waals surface area (Å²) in [5.41, 5.74) is 0.342. The Morgan fingerprint density at radius 1 is 1.26 bits per heavy atom. The van der Waals surface area contributed by atoms with E-state index in [9.17, 15) is 13.2 Å². The average molecular weight is 325 g/mol. The van der Waals surface area contributed by atoms with Crippen LogP contribution in [0.4, 0.5) is 18.9 Å². The summed E-state index contributed by atoms with van der Waals surface area (Å²) in [5.74, 6) is 0.483. The molecule has 0 spiro atoms.